The number of ether oxygens (including phenoxy) is 1. The summed E-state index contributed by atoms with van der Waals surface area (Å²) in [4.78, 5) is 0. The molecule has 0 saturated heterocycles. The van der Waals surface area contributed by atoms with Crippen LogP contribution in [0, 0.1) is 17.5 Å². The molecular formula is C22H18F6O. The second-order valence-electron chi connectivity index (χ2n) is 6.76. The molecule has 154 valence electrons. The van der Waals surface area contributed by atoms with Crippen molar-refractivity contribution < 1.29 is 31.1 Å². The Labute approximate surface area is 163 Å². The van der Waals surface area contributed by atoms with Crippen LogP contribution >= 0.6 is 0 Å². The number of halogens is 6. The van der Waals surface area contributed by atoms with E-state index in [-0.39, 0.29) is 5.39 Å². The van der Waals surface area contributed by atoms with E-state index >= 15 is 0 Å². The van der Waals surface area contributed by atoms with E-state index in [1.165, 1.54) is 6.07 Å². The Morgan fingerprint density at radius 1 is 0.828 bits per heavy atom. The van der Waals surface area contributed by atoms with E-state index in [0.29, 0.717) is 17.2 Å². The molecule has 3 aromatic carbocycles. The molecule has 0 aliphatic carbocycles. The molecule has 7 heteroatoms. The van der Waals surface area contributed by atoms with Crippen molar-refractivity contribution in [3.63, 3.8) is 0 Å². The third-order valence-corrected chi connectivity index (χ3v) is 4.61. The largest absolute Gasteiger partial charge is 0.573 e. The van der Waals surface area contributed by atoms with Crippen molar-refractivity contribution >= 4 is 10.8 Å². The predicted octanol–water partition coefficient (Wildman–Crippen LogP) is 7.56. The summed E-state index contributed by atoms with van der Waals surface area (Å²) in [6.45, 7) is 2.11. The molecule has 0 N–H and O–H groups in total. The van der Waals surface area contributed by atoms with Crippen LogP contribution in [0.4, 0.5) is 26.3 Å². The monoisotopic (exact) mass is 412 g/mol. The van der Waals surface area contributed by atoms with E-state index in [0.717, 1.165) is 37.3 Å². The molecule has 0 bridgehead atoms. The molecule has 0 heterocycles. The van der Waals surface area contributed by atoms with Gasteiger partial charge in [-0.2, -0.15) is 0 Å². The Hall–Kier alpha value is -2.70. The topological polar surface area (TPSA) is 9.23 Å². The van der Waals surface area contributed by atoms with E-state index < -0.39 is 34.9 Å². The summed E-state index contributed by atoms with van der Waals surface area (Å²) in [5, 5.41) is -0.956. The molecule has 1 nitrogen and oxygen atoms in total. The molecule has 0 radical (unpaired) electrons. The fourth-order valence-corrected chi connectivity index (χ4v) is 3.21. The van der Waals surface area contributed by atoms with Crippen molar-refractivity contribution in [2.24, 2.45) is 0 Å². The van der Waals surface area contributed by atoms with Gasteiger partial charge < -0.3 is 4.74 Å². The number of fused-ring (bicyclic) bond motifs is 1. The minimum Gasteiger partial charge on any atom is -0.399 e. The SMILES string of the molecule is CCCCCc1ccc(-c2cc(F)c3c(F)c(OC(F)(F)F)c(F)cc3c2)cc1. The summed E-state index contributed by atoms with van der Waals surface area (Å²) in [6, 6.07) is 10.3. The lowest BCUT2D eigenvalue weighted by Crippen LogP contribution is -2.19. The first-order valence-electron chi connectivity index (χ1n) is 9.16. The van der Waals surface area contributed by atoms with Crippen molar-refractivity contribution in [3.05, 3.63) is 65.5 Å². The smallest absolute Gasteiger partial charge is 0.399 e. The van der Waals surface area contributed by atoms with Crippen LogP contribution < -0.4 is 4.74 Å². The van der Waals surface area contributed by atoms with Gasteiger partial charge >= 0.3 is 6.36 Å². The van der Waals surface area contributed by atoms with Gasteiger partial charge in [-0.25, -0.2) is 13.2 Å². The van der Waals surface area contributed by atoms with Gasteiger partial charge in [-0.3, -0.25) is 0 Å². The Balaban J connectivity index is 1.98. The highest BCUT2D eigenvalue weighted by Crippen LogP contribution is 2.36. The quantitative estimate of drug-likeness (QED) is 0.300. The van der Waals surface area contributed by atoms with Crippen LogP contribution in [0.25, 0.3) is 21.9 Å². The average Bonchev–Trinajstić information content (AvgIpc) is 2.64. The zero-order chi connectivity index (χ0) is 21.2. The second kappa shape index (κ2) is 8.35. The van der Waals surface area contributed by atoms with Gasteiger partial charge in [-0.15, -0.1) is 13.2 Å². The third-order valence-electron chi connectivity index (χ3n) is 4.61. The summed E-state index contributed by atoms with van der Waals surface area (Å²) >= 11 is 0. The summed E-state index contributed by atoms with van der Waals surface area (Å²) in [5.74, 6) is -6.06. The number of alkyl halides is 3. The van der Waals surface area contributed by atoms with E-state index in [2.05, 4.69) is 11.7 Å². The summed E-state index contributed by atoms with van der Waals surface area (Å²) in [6.07, 6.45) is -1.10. The second-order valence-corrected chi connectivity index (χ2v) is 6.76. The molecule has 29 heavy (non-hydrogen) atoms. The summed E-state index contributed by atoms with van der Waals surface area (Å²) < 4.78 is 83.3. The fraction of sp³-hybridized carbons (Fsp3) is 0.273. The lowest BCUT2D eigenvalue weighted by atomic mass is 9.98. The first kappa shape index (κ1) is 21.0. The lowest BCUT2D eigenvalue weighted by molar-refractivity contribution is -0.276. The van der Waals surface area contributed by atoms with Crippen LogP contribution in [0.5, 0.6) is 5.75 Å². The van der Waals surface area contributed by atoms with Crippen LogP contribution in [0.1, 0.15) is 31.7 Å². The number of unbranched alkanes of at least 4 members (excludes halogenated alkanes) is 2. The first-order valence-corrected chi connectivity index (χ1v) is 9.16. The normalized spacial score (nSPS) is 11.8. The number of rotatable bonds is 6. The molecule has 3 rings (SSSR count). The van der Waals surface area contributed by atoms with Gasteiger partial charge in [0.2, 0.25) is 5.75 Å². The van der Waals surface area contributed by atoms with E-state index in [1.807, 2.05) is 12.1 Å². The Bertz CT molecular complexity index is 1010. The van der Waals surface area contributed by atoms with Gasteiger partial charge in [0.15, 0.2) is 11.6 Å². The lowest BCUT2D eigenvalue weighted by Gasteiger charge is -2.13. The van der Waals surface area contributed by atoms with Crippen LogP contribution in [0.2, 0.25) is 0 Å². The number of benzene rings is 3. The summed E-state index contributed by atoms with van der Waals surface area (Å²) in [5.41, 5.74) is 2.11. The van der Waals surface area contributed by atoms with Crippen molar-refractivity contribution in [1.82, 2.24) is 0 Å². The predicted molar refractivity (Wildman–Crippen MR) is 99.2 cm³/mol. The molecule has 0 aromatic heterocycles. The zero-order valence-corrected chi connectivity index (χ0v) is 15.5. The molecule has 0 fully saturated rings. The van der Waals surface area contributed by atoms with Crippen molar-refractivity contribution in [3.8, 4) is 16.9 Å². The van der Waals surface area contributed by atoms with Gasteiger partial charge in [0.25, 0.3) is 0 Å². The van der Waals surface area contributed by atoms with Crippen LogP contribution in [0.3, 0.4) is 0 Å². The first-order chi connectivity index (χ1) is 13.7. The maximum Gasteiger partial charge on any atom is 0.573 e. The molecular weight excluding hydrogens is 394 g/mol. The standard InChI is InChI=1S/C22H18F6O/c1-2-3-4-5-13-6-8-14(9-7-13)15-10-16-12-18(24)21(29-22(26,27)28)20(25)19(16)17(23)11-15/h6-12H,2-5H2,1H3. The highest BCUT2D eigenvalue weighted by atomic mass is 19.4. The third kappa shape index (κ3) is 4.83. The maximum atomic E-state index is 14.5. The number of aryl methyl sites for hydroxylation is 1. The molecule has 0 aliphatic heterocycles. The molecule has 0 amide bonds. The van der Waals surface area contributed by atoms with Crippen molar-refractivity contribution in [2.75, 3.05) is 0 Å². The van der Waals surface area contributed by atoms with Crippen LogP contribution in [-0.4, -0.2) is 6.36 Å². The van der Waals surface area contributed by atoms with E-state index in [1.54, 1.807) is 12.1 Å². The fourth-order valence-electron chi connectivity index (χ4n) is 3.21. The highest BCUT2D eigenvalue weighted by molar-refractivity contribution is 5.89. The zero-order valence-electron chi connectivity index (χ0n) is 15.5. The maximum absolute atomic E-state index is 14.5. The van der Waals surface area contributed by atoms with Gasteiger partial charge in [-0.1, -0.05) is 44.0 Å². The van der Waals surface area contributed by atoms with Crippen LogP contribution in [0.15, 0.2) is 42.5 Å². The molecule has 0 spiro atoms. The molecule has 0 aliphatic rings. The minimum atomic E-state index is -5.30. The molecule has 0 saturated carbocycles. The highest BCUT2D eigenvalue weighted by Gasteiger charge is 2.35. The van der Waals surface area contributed by atoms with E-state index in [9.17, 15) is 26.3 Å². The Kier molecular flexibility index (Phi) is 6.05. The number of hydrogen-bond donors (Lipinski definition) is 0. The Morgan fingerprint density at radius 3 is 2.14 bits per heavy atom. The minimum absolute atomic E-state index is 0.198. The van der Waals surface area contributed by atoms with Crippen LogP contribution in [-0.2, 0) is 6.42 Å². The van der Waals surface area contributed by atoms with E-state index in [4.69, 9.17) is 0 Å². The van der Waals surface area contributed by atoms with Gasteiger partial charge in [-0.05, 0) is 53.1 Å². The van der Waals surface area contributed by atoms with Gasteiger partial charge in [0, 0.05) is 0 Å². The molecule has 0 atom stereocenters. The Morgan fingerprint density at radius 2 is 1.52 bits per heavy atom. The van der Waals surface area contributed by atoms with Gasteiger partial charge in [0.1, 0.15) is 5.82 Å². The summed E-state index contributed by atoms with van der Waals surface area (Å²) in [7, 11) is 0. The van der Waals surface area contributed by atoms with Gasteiger partial charge in [0.05, 0.1) is 5.39 Å². The molecule has 0 unspecified atom stereocenters. The number of hydrogen-bond acceptors (Lipinski definition) is 1. The molecule has 3 aromatic rings. The average molecular weight is 412 g/mol. The van der Waals surface area contributed by atoms with Crippen molar-refractivity contribution in [1.29, 1.82) is 0 Å². The van der Waals surface area contributed by atoms with Crippen molar-refractivity contribution in [2.45, 2.75) is 39.0 Å².